The maximum absolute atomic E-state index is 10.4. The highest BCUT2D eigenvalue weighted by atomic mass is 32.2. The van der Waals surface area contributed by atoms with E-state index in [0.29, 0.717) is 11.4 Å². The predicted octanol–water partition coefficient (Wildman–Crippen LogP) is 3.55. The first-order chi connectivity index (χ1) is 8.83. The molecule has 1 aromatic carbocycles. The Bertz CT molecular complexity index is 380. The summed E-state index contributed by atoms with van der Waals surface area (Å²) in [5.74, 6) is 2.12. The number of thioether (sulfide) groups is 1. The summed E-state index contributed by atoms with van der Waals surface area (Å²) in [4.78, 5) is 0. The van der Waals surface area contributed by atoms with Gasteiger partial charge in [-0.1, -0.05) is 18.6 Å². The number of rotatable bonds is 4. The molecule has 2 aliphatic rings. The van der Waals surface area contributed by atoms with Crippen molar-refractivity contribution in [2.24, 2.45) is 0 Å². The molecule has 0 amide bonds. The molecule has 0 radical (unpaired) electrons. The van der Waals surface area contributed by atoms with Crippen LogP contribution in [0.25, 0.3) is 0 Å². The summed E-state index contributed by atoms with van der Waals surface area (Å²) in [6.07, 6.45) is 6.15. The minimum Gasteiger partial charge on any atom is -0.490 e. The fourth-order valence-electron chi connectivity index (χ4n) is 2.35. The van der Waals surface area contributed by atoms with Crippen molar-refractivity contribution < 1.29 is 9.84 Å². The van der Waals surface area contributed by atoms with Crippen molar-refractivity contribution in [3.05, 3.63) is 29.8 Å². The van der Waals surface area contributed by atoms with Crippen molar-refractivity contribution >= 4 is 11.8 Å². The van der Waals surface area contributed by atoms with Crippen LogP contribution in [0.3, 0.4) is 0 Å². The van der Waals surface area contributed by atoms with Crippen LogP contribution in [0.2, 0.25) is 0 Å². The molecule has 1 aliphatic carbocycles. The standard InChI is InChI=1S/C15H20O2S/c16-15(14-3-1-2-10-18-14)11-4-6-12(7-5-11)17-13-8-9-13/h4-7,13-16H,1-3,8-10H2. The van der Waals surface area contributed by atoms with E-state index in [2.05, 4.69) is 0 Å². The Labute approximate surface area is 113 Å². The van der Waals surface area contributed by atoms with Gasteiger partial charge in [-0.15, -0.1) is 0 Å². The summed E-state index contributed by atoms with van der Waals surface area (Å²) in [7, 11) is 0. The van der Waals surface area contributed by atoms with Crippen LogP contribution in [0.15, 0.2) is 24.3 Å². The smallest absolute Gasteiger partial charge is 0.119 e. The molecule has 1 aliphatic heterocycles. The Morgan fingerprint density at radius 3 is 2.50 bits per heavy atom. The van der Waals surface area contributed by atoms with Gasteiger partial charge in [-0.3, -0.25) is 0 Å². The number of benzene rings is 1. The van der Waals surface area contributed by atoms with Crippen LogP contribution in [0.5, 0.6) is 5.75 Å². The molecule has 2 nitrogen and oxygen atoms in total. The molecule has 98 valence electrons. The summed E-state index contributed by atoms with van der Waals surface area (Å²) in [5, 5.41) is 10.7. The van der Waals surface area contributed by atoms with Gasteiger partial charge in [-0.05, 0) is 49.1 Å². The fourth-order valence-corrected chi connectivity index (χ4v) is 3.70. The third-order valence-electron chi connectivity index (χ3n) is 3.62. The van der Waals surface area contributed by atoms with Crippen LogP contribution in [0.4, 0.5) is 0 Å². The number of aliphatic hydroxyl groups is 1. The summed E-state index contributed by atoms with van der Waals surface area (Å²) >= 11 is 1.91. The van der Waals surface area contributed by atoms with E-state index < -0.39 is 0 Å². The number of aliphatic hydroxyl groups excluding tert-OH is 1. The van der Waals surface area contributed by atoms with Gasteiger partial charge in [0.2, 0.25) is 0 Å². The second-order valence-corrected chi connectivity index (χ2v) is 6.58. The van der Waals surface area contributed by atoms with Crippen LogP contribution in [-0.4, -0.2) is 22.2 Å². The fraction of sp³-hybridized carbons (Fsp3) is 0.600. The van der Waals surface area contributed by atoms with Gasteiger partial charge in [0.1, 0.15) is 5.75 Å². The van der Waals surface area contributed by atoms with E-state index in [9.17, 15) is 5.11 Å². The molecule has 1 saturated heterocycles. The molecular formula is C15H20O2S. The quantitative estimate of drug-likeness (QED) is 0.902. The lowest BCUT2D eigenvalue weighted by atomic mass is 10.0. The third-order valence-corrected chi connectivity index (χ3v) is 5.06. The molecule has 3 rings (SSSR count). The van der Waals surface area contributed by atoms with Crippen molar-refractivity contribution in [1.29, 1.82) is 0 Å². The molecule has 1 N–H and O–H groups in total. The number of hydrogen-bond acceptors (Lipinski definition) is 3. The number of ether oxygens (including phenoxy) is 1. The highest BCUT2D eigenvalue weighted by Gasteiger charge is 2.25. The maximum Gasteiger partial charge on any atom is 0.119 e. The van der Waals surface area contributed by atoms with Gasteiger partial charge in [0.05, 0.1) is 12.2 Å². The molecule has 3 heteroatoms. The highest BCUT2D eigenvalue weighted by Crippen LogP contribution is 2.35. The predicted molar refractivity (Wildman–Crippen MR) is 75.1 cm³/mol. The Kier molecular flexibility index (Phi) is 3.80. The van der Waals surface area contributed by atoms with Gasteiger partial charge >= 0.3 is 0 Å². The molecule has 0 aromatic heterocycles. The van der Waals surface area contributed by atoms with Crippen LogP contribution >= 0.6 is 11.8 Å². The molecule has 2 unspecified atom stereocenters. The van der Waals surface area contributed by atoms with Crippen LogP contribution < -0.4 is 4.74 Å². The Balaban J connectivity index is 1.63. The van der Waals surface area contributed by atoms with E-state index in [1.54, 1.807) is 0 Å². The topological polar surface area (TPSA) is 29.5 Å². The van der Waals surface area contributed by atoms with E-state index in [1.165, 1.54) is 31.4 Å². The molecule has 0 bridgehead atoms. The molecule has 1 heterocycles. The average molecular weight is 264 g/mol. The lowest BCUT2D eigenvalue weighted by Gasteiger charge is -2.26. The van der Waals surface area contributed by atoms with Crippen molar-refractivity contribution in [3.63, 3.8) is 0 Å². The van der Waals surface area contributed by atoms with Crippen molar-refractivity contribution in [3.8, 4) is 5.75 Å². The Morgan fingerprint density at radius 2 is 1.89 bits per heavy atom. The summed E-state index contributed by atoms with van der Waals surface area (Å²) in [6.45, 7) is 0. The summed E-state index contributed by atoms with van der Waals surface area (Å²) < 4.78 is 5.72. The lowest BCUT2D eigenvalue weighted by Crippen LogP contribution is -2.18. The van der Waals surface area contributed by atoms with E-state index in [0.717, 1.165) is 17.7 Å². The van der Waals surface area contributed by atoms with E-state index in [4.69, 9.17) is 4.74 Å². The summed E-state index contributed by atoms with van der Waals surface area (Å²) in [6, 6.07) is 8.00. The minimum atomic E-state index is -0.328. The van der Waals surface area contributed by atoms with Gasteiger partial charge in [-0.2, -0.15) is 11.8 Å². The second-order valence-electron chi connectivity index (χ2n) is 5.24. The number of hydrogen-bond donors (Lipinski definition) is 1. The van der Waals surface area contributed by atoms with Crippen molar-refractivity contribution in [2.75, 3.05) is 5.75 Å². The Morgan fingerprint density at radius 1 is 1.11 bits per heavy atom. The van der Waals surface area contributed by atoms with E-state index >= 15 is 0 Å². The molecule has 1 aromatic rings. The maximum atomic E-state index is 10.4. The summed E-state index contributed by atoms with van der Waals surface area (Å²) in [5.41, 5.74) is 1.03. The van der Waals surface area contributed by atoms with Gasteiger partial charge in [0.15, 0.2) is 0 Å². The second kappa shape index (κ2) is 5.54. The van der Waals surface area contributed by atoms with Crippen molar-refractivity contribution in [1.82, 2.24) is 0 Å². The monoisotopic (exact) mass is 264 g/mol. The normalized spacial score (nSPS) is 25.7. The van der Waals surface area contributed by atoms with E-state index in [1.807, 2.05) is 36.0 Å². The molecule has 2 atom stereocenters. The van der Waals surface area contributed by atoms with Gasteiger partial charge in [0.25, 0.3) is 0 Å². The lowest BCUT2D eigenvalue weighted by molar-refractivity contribution is 0.168. The van der Waals surface area contributed by atoms with Gasteiger partial charge in [0, 0.05) is 5.25 Å². The zero-order valence-electron chi connectivity index (χ0n) is 10.5. The molecule has 2 fully saturated rings. The molecule has 18 heavy (non-hydrogen) atoms. The Hall–Kier alpha value is -0.670. The highest BCUT2D eigenvalue weighted by molar-refractivity contribution is 7.99. The first-order valence-electron chi connectivity index (χ1n) is 6.89. The zero-order valence-corrected chi connectivity index (χ0v) is 11.4. The van der Waals surface area contributed by atoms with Crippen molar-refractivity contribution in [2.45, 2.75) is 49.6 Å². The molecular weight excluding hydrogens is 244 g/mol. The van der Waals surface area contributed by atoms with E-state index in [-0.39, 0.29) is 6.10 Å². The van der Waals surface area contributed by atoms with Gasteiger partial charge in [-0.25, -0.2) is 0 Å². The third kappa shape index (κ3) is 3.01. The largest absolute Gasteiger partial charge is 0.490 e. The molecule has 1 saturated carbocycles. The minimum absolute atomic E-state index is 0.328. The molecule has 0 spiro atoms. The van der Waals surface area contributed by atoms with Gasteiger partial charge < -0.3 is 9.84 Å². The van der Waals surface area contributed by atoms with Crippen LogP contribution in [0.1, 0.15) is 43.8 Å². The zero-order chi connectivity index (χ0) is 12.4. The SMILES string of the molecule is OC(c1ccc(OC2CC2)cc1)C1CCCCS1. The van der Waals surface area contributed by atoms with Crippen LogP contribution in [0, 0.1) is 0 Å². The first-order valence-corrected chi connectivity index (χ1v) is 7.94. The van der Waals surface area contributed by atoms with Crippen LogP contribution in [-0.2, 0) is 0 Å². The first kappa shape index (κ1) is 12.4. The average Bonchev–Trinajstić information content (AvgIpc) is 3.24.